The van der Waals surface area contributed by atoms with E-state index < -0.39 is 26.6 Å². The van der Waals surface area contributed by atoms with Gasteiger partial charge in [-0.05, 0) is 17.7 Å². The van der Waals surface area contributed by atoms with Crippen LogP contribution in [0.5, 0.6) is 0 Å². The largest absolute Gasteiger partial charge is 0.243 e. The van der Waals surface area contributed by atoms with Crippen LogP contribution in [-0.4, -0.2) is 15.0 Å². The van der Waals surface area contributed by atoms with Crippen molar-refractivity contribution in [2.45, 2.75) is 17.7 Å². The maximum atomic E-state index is 13.3. The third kappa shape index (κ3) is 2.69. The first kappa shape index (κ1) is 13.3. The van der Waals surface area contributed by atoms with E-state index in [-0.39, 0.29) is 18.0 Å². The molecule has 0 saturated heterocycles. The fourth-order valence-electron chi connectivity index (χ4n) is 1.16. The maximum Gasteiger partial charge on any atom is 0.243 e. The molecule has 3 nitrogen and oxygen atoms in total. The SMILES string of the molecule is CCNS(=O)(=O)c1cc(CCl)cc(F)c1F. The zero-order chi connectivity index (χ0) is 12.3. The smallest absolute Gasteiger partial charge is 0.211 e. The number of halogens is 3. The Labute approximate surface area is 97.5 Å². The molecule has 0 amide bonds. The Morgan fingerprint density at radius 2 is 2.00 bits per heavy atom. The van der Waals surface area contributed by atoms with Crippen LogP contribution in [0.15, 0.2) is 17.0 Å². The molecule has 0 aliphatic heterocycles. The molecule has 1 rings (SSSR count). The first-order valence-electron chi connectivity index (χ1n) is 4.46. The number of benzene rings is 1. The summed E-state index contributed by atoms with van der Waals surface area (Å²) >= 11 is 5.45. The van der Waals surface area contributed by atoms with Gasteiger partial charge in [0.15, 0.2) is 11.6 Å². The number of rotatable bonds is 4. The molecule has 0 aliphatic carbocycles. The molecule has 0 aromatic heterocycles. The van der Waals surface area contributed by atoms with E-state index >= 15 is 0 Å². The molecule has 0 aliphatic rings. The lowest BCUT2D eigenvalue weighted by Crippen LogP contribution is -2.24. The zero-order valence-electron chi connectivity index (χ0n) is 8.43. The molecule has 0 bridgehead atoms. The second-order valence-corrected chi connectivity index (χ2v) is 5.03. The van der Waals surface area contributed by atoms with Crippen molar-refractivity contribution in [3.63, 3.8) is 0 Å². The molecule has 0 fully saturated rings. The average Bonchev–Trinajstić information content (AvgIpc) is 2.21. The van der Waals surface area contributed by atoms with Gasteiger partial charge in [0.1, 0.15) is 4.90 Å². The Hall–Kier alpha value is -0.720. The lowest BCUT2D eigenvalue weighted by atomic mass is 10.2. The molecule has 90 valence electrons. The molecule has 0 heterocycles. The van der Waals surface area contributed by atoms with E-state index in [2.05, 4.69) is 4.72 Å². The van der Waals surface area contributed by atoms with Crippen molar-refractivity contribution in [1.82, 2.24) is 4.72 Å². The van der Waals surface area contributed by atoms with E-state index in [1.54, 1.807) is 0 Å². The second kappa shape index (κ2) is 5.07. The van der Waals surface area contributed by atoms with Gasteiger partial charge >= 0.3 is 0 Å². The van der Waals surface area contributed by atoms with Gasteiger partial charge in [-0.15, -0.1) is 11.6 Å². The van der Waals surface area contributed by atoms with Gasteiger partial charge in [0.25, 0.3) is 0 Å². The standard InChI is InChI=1S/C9H10ClF2NO2S/c1-2-13-16(14,15)8-4-6(5-10)3-7(11)9(8)12/h3-4,13H,2,5H2,1H3. The van der Waals surface area contributed by atoms with Gasteiger partial charge in [-0.1, -0.05) is 6.92 Å². The van der Waals surface area contributed by atoms with Crippen molar-refractivity contribution in [2.24, 2.45) is 0 Å². The van der Waals surface area contributed by atoms with Crippen LogP contribution in [0.1, 0.15) is 12.5 Å². The van der Waals surface area contributed by atoms with Crippen molar-refractivity contribution >= 4 is 21.6 Å². The van der Waals surface area contributed by atoms with E-state index in [0.717, 1.165) is 12.1 Å². The minimum atomic E-state index is -4.02. The number of hydrogen-bond donors (Lipinski definition) is 1. The van der Waals surface area contributed by atoms with Crippen molar-refractivity contribution in [2.75, 3.05) is 6.54 Å². The third-order valence-electron chi connectivity index (χ3n) is 1.83. The Bertz CT molecular complexity index is 491. The Kier molecular flexibility index (Phi) is 4.23. The summed E-state index contributed by atoms with van der Waals surface area (Å²) in [7, 11) is -4.02. The highest BCUT2D eigenvalue weighted by molar-refractivity contribution is 7.89. The number of alkyl halides is 1. The number of sulfonamides is 1. The summed E-state index contributed by atoms with van der Waals surface area (Å²) in [5, 5.41) is 0. The minimum absolute atomic E-state index is 0.0914. The van der Waals surface area contributed by atoms with Gasteiger partial charge in [0.2, 0.25) is 10.0 Å². The summed E-state index contributed by atoms with van der Waals surface area (Å²) in [6.07, 6.45) is 0. The molecule has 7 heteroatoms. The summed E-state index contributed by atoms with van der Waals surface area (Å²) in [5.74, 6) is -2.71. The van der Waals surface area contributed by atoms with Crippen LogP contribution in [0.2, 0.25) is 0 Å². The molecule has 0 radical (unpaired) electrons. The predicted molar refractivity (Wildman–Crippen MR) is 56.8 cm³/mol. The highest BCUT2D eigenvalue weighted by Gasteiger charge is 2.21. The average molecular weight is 270 g/mol. The summed E-state index contributed by atoms with van der Waals surface area (Å²) in [4.78, 5) is -0.718. The molecular weight excluding hydrogens is 260 g/mol. The Morgan fingerprint density at radius 3 is 2.50 bits per heavy atom. The maximum absolute atomic E-state index is 13.3. The molecule has 0 spiro atoms. The first-order chi connectivity index (χ1) is 7.42. The van der Waals surface area contributed by atoms with Crippen molar-refractivity contribution in [3.05, 3.63) is 29.3 Å². The zero-order valence-corrected chi connectivity index (χ0v) is 10.00. The van der Waals surface area contributed by atoms with E-state index in [1.165, 1.54) is 6.92 Å². The normalized spacial score (nSPS) is 11.8. The summed E-state index contributed by atoms with van der Waals surface area (Å²) in [5.41, 5.74) is 0.206. The van der Waals surface area contributed by atoms with Gasteiger partial charge < -0.3 is 0 Å². The highest BCUT2D eigenvalue weighted by atomic mass is 35.5. The molecule has 0 saturated carbocycles. The fraction of sp³-hybridized carbons (Fsp3) is 0.333. The van der Waals surface area contributed by atoms with E-state index in [9.17, 15) is 17.2 Å². The predicted octanol–water partition coefficient (Wildman–Crippen LogP) is 2.00. The van der Waals surface area contributed by atoms with Crippen LogP contribution in [0.4, 0.5) is 8.78 Å². The molecule has 16 heavy (non-hydrogen) atoms. The fourth-order valence-corrected chi connectivity index (χ4v) is 2.49. The lowest BCUT2D eigenvalue weighted by Gasteiger charge is -2.07. The van der Waals surface area contributed by atoms with Gasteiger partial charge in [0, 0.05) is 12.4 Å². The van der Waals surface area contributed by atoms with E-state index in [4.69, 9.17) is 11.6 Å². The minimum Gasteiger partial charge on any atom is -0.211 e. The van der Waals surface area contributed by atoms with Crippen LogP contribution in [0, 0.1) is 11.6 Å². The van der Waals surface area contributed by atoms with Crippen molar-refractivity contribution in [1.29, 1.82) is 0 Å². The molecule has 1 aromatic carbocycles. The van der Waals surface area contributed by atoms with E-state index in [0.29, 0.717) is 0 Å². The van der Waals surface area contributed by atoms with Crippen LogP contribution in [-0.2, 0) is 15.9 Å². The van der Waals surface area contributed by atoms with Gasteiger partial charge in [0.05, 0.1) is 0 Å². The topological polar surface area (TPSA) is 46.2 Å². The van der Waals surface area contributed by atoms with Crippen LogP contribution >= 0.6 is 11.6 Å². The van der Waals surface area contributed by atoms with Crippen LogP contribution < -0.4 is 4.72 Å². The Morgan fingerprint density at radius 1 is 1.38 bits per heavy atom. The van der Waals surface area contributed by atoms with Crippen molar-refractivity contribution in [3.8, 4) is 0 Å². The van der Waals surface area contributed by atoms with Gasteiger partial charge in [-0.25, -0.2) is 21.9 Å². The second-order valence-electron chi connectivity index (χ2n) is 3.02. The molecular formula is C9H10ClF2NO2S. The highest BCUT2D eigenvalue weighted by Crippen LogP contribution is 2.20. The van der Waals surface area contributed by atoms with Gasteiger partial charge in [-0.3, -0.25) is 0 Å². The van der Waals surface area contributed by atoms with E-state index in [1.807, 2.05) is 0 Å². The van der Waals surface area contributed by atoms with Crippen LogP contribution in [0.25, 0.3) is 0 Å². The molecule has 1 aromatic rings. The monoisotopic (exact) mass is 269 g/mol. The van der Waals surface area contributed by atoms with Crippen molar-refractivity contribution < 1.29 is 17.2 Å². The third-order valence-corrected chi connectivity index (χ3v) is 3.69. The van der Waals surface area contributed by atoms with Gasteiger partial charge in [-0.2, -0.15) is 0 Å². The number of nitrogens with one attached hydrogen (secondary N) is 1. The quantitative estimate of drug-likeness (QED) is 0.850. The summed E-state index contributed by atoms with van der Waals surface area (Å²) in [6.45, 7) is 1.63. The lowest BCUT2D eigenvalue weighted by molar-refractivity contribution is 0.482. The molecule has 0 atom stereocenters. The van der Waals surface area contributed by atoms with Crippen LogP contribution in [0.3, 0.4) is 0 Å². The summed E-state index contributed by atoms with van der Waals surface area (Å²) in [6, 6.07) is 1.89. The summed E-state index contributed by atoms with van der Waals surface area (Å²) < 4.78 is 51.5. The number of hydrogen-bond acceptors (Lipinski definition) is 2. The molecule has 0 unspecified atom stereocenters. The Balaban J connectivity index is 3.38. The first-order valence-corrected chi connectivity index (χ1v) is 6.47. The molecule has 1 N–H and O–H groups in total.